The standard InChI is InChI=1S/C7H16O3/c1-7(2,3)6-10-9-5-4-8/h8H,4-6H2,1-3H3. The number of hydrogen-bond donors (Lipinski definition) is 1. The molecule has 0 heterocycles. The Hall–Kier alpha value is -0.120. The molecule has 0 aromatic carbocycles. The highest BCUT2D eigenvalue weighted by molar-refractivity contribution is 4.57. The van der Waals surface area contributed by atoms with E-state index in [4.69, 9.17) is 9.99 Å². The zero-order valence-corrected chi connectivity index (χ0v) is 6.89. The van der Waals surface area contributed by atoms with E-state index in [0.29, 0.717) is 6.61 Å². The third-order valence-electron chi connectivity index (χ3n) is 0.750. The fourth-order valence-electron chi connectivity index (χ4n) is 0.315. The van der Waals surface area contributed by atoms with Gasteiger partial charge >= 0.3 is 0 Å². The molecule has 0 rings (SSSR count). The molecule has 0 saturated carbocycles. The third-order valence-corrected chi connectivity index (χ3v) is 0.750. The second-order valence-corrected chi connectivity index (χ2v) is 3.37. The topological polar surface area (TPSA) is 38.7 Å². The predicted octanol–water partition coefficient (Wildman–Crippen LogP) is 0.973. The Labute approximate surface area is 61.9 Å². The molecular weight excluding hydrogens is 132 g/mol. The smallest absolute Gasteiger partial charge is 0.105 e. The highest BCUT2D eigenvalue weighted by Crippen LogP contribution is 2.12. The lowest BCUT2D eigenvalue weighted by Crippen LogP contribution is -2.15. The van der Waals surface area contributed by atoms with Crippen LogP contribution in [-0.2, 0) is 9.78 Å². The molecule has 0 atom stereocenters. The third kappa shape index (κ3) is 7.88. The normalized spacial score (nSPS) is 12.0. The fourth-order valence-corrected chi connectivity index (χ4v) is 0.315. The van der Waals surface area contributed by atoms with Crippen LogP contribution in [0.2, 0.25) is 0 Å². The number of aliphatic hydroxyl groups is 1. The van der Waals surface area contributed by atoms with Gasteiger partial charge in [-0.25, -0.2) is 9.78 Å². The zero-order valence-electron chi connectivity index (χ0n) is 6.89. The van der Waals surface area contributed by atoms with Crippen LogP contribution in [0.25, 0.3) is 0 Å². The molecule has 0 saturated heterocycles. The molecule has 3 heteroatoms. The predicted molar refractivity (Wildman–Crippen MR) is 38.4 cm³/mol. The summed E-state index contributed by atoms with van der Waals surface area (Å²) in [4.78, 5) is 9.39. The minimum Gasteiger partial charge on any atom is -0.394 e. The molecule has 0 bridgehead atoms. The monoisotopic (exact) mass is 148 g/mol. The van der Waals surface area contributed by atoms with Gasteiger partial charge in [0.25, 0.3) is 0 Å². The van der Waals surface area contributed by atoms with Crippen LogP contribution in [0, 0.1) is 5.41 Å². The average Bonchev–Trinajstić information content (AvgIpc) is 1.78. The van der Waals surface area contributed by atoms with Gasteiger partial charge in [-0.2, -0.15) is 0 Å². The molecular formula is C7H16O3. The summed E-state index contributed by atoms with van der Waals surface area (Å²) in [5.41, 5.74) is 0.120. The van der Waals surface area contributed by atoms with Gasteiger partial charge in [0.05, 0.1) is 13.2 Å². The van der Waals surface area contributed by atoms with Crippen LogP contribution in [0.1, 0.15) is 20.8 Å². The summed E-state index contributed by atoms with van der Waals surface area (Å²) in [6, 6.07) is 0. The summed E-state index contributed by atoms with van der Waals surface area (Å²) in [6.07, 6.45) is 0. The van der Waals surface area contributed by atoms with E-state index in [1.165, 1.54) is 0 Å². The molecule has 62 valence electrons. The molecule has 0 aliphatic heterocycles. The maximum Gasteiger partial charge on any atom is 0.105 e. The number of rotatable bonds is 4. The summed E-state index contributed by atoms with van der Waals surface area (Å²) < 4.78 is 0. The Morgan fingerprint density at radius 3 is 2.20 bits per heavy atom. The largest absolute Gasteiger partial charge is 0.394 e. The van der Waals surface area contributed by atoms with Gasteiger partial charge in [-0.3, -0.25) is 0 Å². The summed E-state index contributed by atoms with van der Waals surface area (Å²) in [6.45, 7) is 6.95. The number of hydrogen-bond acceptors (Lipinski definition) is 3. The van der Waals surface area contributed by atoms with E-state index < -0.39 is 0 Å². The molecule has 3 nitrogen and oxygen atoms in total. The Balaban J connectivity index is 3.04. The van der Waals surface area contributed by atoms with Crippen LogP contribution >= 0.6 is 0 Å². The van der Waals surface area contributed by atoms with Crippen molar-refractivity contribution in [1.82, 2.24) is 0 Å². The van der Waals surface area contributed by atoms with Crippen molar-refractivity contribution < 1.29 is 14.9 Å². The summed E-state index contributed by atoms with van der Waals surface area (Å²) in [5, 5.41) is 8.29. The summed E-state index contributed by atoms with van der Waals surface area (Å²) in [5.74, 6) is 0. The minimum atomic E-state index is 0.00411. The fraction of sp³-hybridized carbons (Fsp3) is 1.00. The molecule has 10 heavy (non-hydrogen) atoms. The maximum atomic E-state index is 8.29. The lowest BCUT2D eigenvalue weighted by Gasteiger charge is -2.16. The van der Waals surface area contributed by atoms with Crippen LogP contribution in [0.3, 0.4) is 0 Å². The molecule has 0 aromatic rings. The van der Waals surface area contributed by atoms with Crippen LogP contribution in [0.4, 0.5) is 0 Å². The van der Waals surface area contributed by atoms with Crippen molar-refractivity contribution in [3.8, 4) is 0 Å². The summed E-state index contributed by atoms with van der Waals surface area (Å²) >= 11 is 0. The number of aliphatic hydroxyl groups excluding tert-OH is 1. The molecule has 0 aromatic heterocycles. The SMILES string of the molecule is CC(C)(C)COOCCO. The lowest BCUT2D eigenvalue weighted by molar-refractivity contribution is -0.309. The molecule has 1 N–H and O–H groups in total. The van der Waals surface area contributed by atoms with E-state index in [1.54, 1.807) is 0 Å². The van der Waals surface area contributed by atoms with Crippen molar-refractivity contribution in [3.05, 3.63) is 0 Å². The molecule has 0 fully saturated rings. The first-order valence-electron chi connectivity index (χ1n) is 3.41. The van der Waals surface area contributed by atoms with E-state index in [2.05, 4.69) is 25.7 Å². The van der Waals surface area contributed by atoms with Crippen molar-refractivity contribution in [3.63, 3.8) is 0 Å². The molecule has 0 aliphatic rings. The Kier molecular flexibility index (Phi) is 4.60. The van der Waals surface area contributed by atoms with Crippen molar-refractivity contribution in [2.24, 2.45) is 5.41 Å². The Bertz CT molecular complexity index is 75.4. The average molecular weight is 148 g/mol. The lowest BCUT2D eigenvalue weighted by atomic mass is 9.99. The van der Waals surface area contributed by atoms with Crippen molar-refractivity contribution >= 4 is 0 Å². The van der Waals surface area contributed by atoms with E-state index in [1.807, 2.05) is 0 Å². The Morgan fingerprint density at radius 2 is 1.80 bits per heavy atom. The zero-order chi connectivity index (χ0) is 8.04. The molecule has 0 spiro atoms. The van der Waals surface area contributed by atoms with Gasteiger partial charge in [-0.15, -0.1) is 0 Å². The molecule has 0 radical (unpaired) electrons. The quantitative estimate of drug-likeness (QED) is 0.367. The minimum absolute atomic E-state index is 0.00411. The molecule has 0 amide bonds. The molecule has 0 unspecified atom stereocenters. The highest BCUT2D eigenvalue weighted by atomic mass is 17.2. The van der Waals surface area contributed by atoms with Gasteiger partial charge in [0.2, 0.25) is 0 Å². The maximum absolute atomic E-state index is 8.29. The first kappa shape index (κ1) is 9.88. The van der Waals surface area contributed by atoms with Crippen molar-refractivity contribution in [2.45, 2.75) is 20.8 Å². The van der Waals surface area contributed by atoms with Crippen LogP contribution < -0.4 is 0 Å². The second kappa shape index (κ2) is 4.66. The van der Waals surface area contributed by atoms with Crippen LogP contribution in [-0.4, -0.2) is 24.9 Å². The first-order chi connectivity index (χ1) is 4.56. The van der Waals surface area contributed by atoms with Crippen LogP contribution in [0.15, 0.2) is 0 Å². The highest BCUT2D eigenvalue weighted by Gasteiger charge is 2.09. The van der Waals surface area contributed by atoms with E-state index >= 15 is 0 Å². The van der Waals surface area contributed by atoms with Gasteiger partial charge in [0, 0.05) is 0 Å². The first-order valence-corrected chi connectivity index (χ1v) is 3.41. The Morgan fingerprint density at radius 1 is 1.20 bits per heavy atom. The second-order valence-electron chi connectivity index (χ2n) is 3.37. The van der Waals surface area contributed by atoms with E-state index in [9.17, 15) is 0 Å². The van der Waals surface area contributed by atoms with Gasteiger partial charge in [0.1, 0.15) is 6.61 Å². The molecule has 0 aliphatic carbocycles. The van der Waals surface area contributed by atoms with Crippen molar-refractivity contribution in [1.29, 1.82) is 0 Å². The van der Waals surface area contributed by atoms with Crippen molar-refractivity contribution in [2.75, 3.05) is 19.8 Å². The van der Waals surface area contributed by atoms with E-state index in [0.717, 1.165) is 0 Å². The van der Waals surface area contributed by atoms with Crippen LogP contribution in [0.5, 0.6) is 0 Å². The van der Waals surface area contributed by atoms with E-state index in [-0.39, 0.29) is 18.6 Å². The van der Waals surface area contributed by atoms with Gasteiger partial charge < -0.3 is 5.11 Å². The van der Waals surface area contributed by atoms with Gasteiger partial charge in [0.15, 0.2) is 0 Å². The van der Waals surface area contributed by atoms with Gasteiger partial charge in [-0.1, -0.05) is 20.8 Å². The van der Waals surface area contributed by atoms with Gasteiger partial charge in [-0.05, 0) is 5.41 Å². The summed E-state index contributed by atoms with van der Waals surface area (Å²) in [7, 11) is 0.